The van der Waals surface area contributed by atoms with Crippen LogP contribution in [-0.4, -0.2) is 109 Å². The molecule has 1 aromatic rings. The van der Waals surface area contributed by atoms with Crippen LogP contribution in [-0.2, 0) is 20.2 Å². The monoisotopic (exact) mass is 569 g/mol. The van der Waals surface area contributed by atoms with Gasteiger partial charge in [0.15, 0.2) is 0 Å². The maximum Gasteiger partial charge on any atom is 0.281 e. The topological polar surface area (TPSA) is 84.5 Å². The van der Waals surface area contributed by atoms with Crippen molar-refractivity contribution in [3.05, 3.63) is 36.4 Å². The van der Waals surface area contributed by atoms with E-state index in [-0.39, 0.29) is 18.0 Å². The number of sulfonamides is 1. The second-order valence-corrected chi connectivity index (χ2v) is 15.2. The average molecular weight is 570 g/mol. The molecule has 2 fully saturated rings. The number of anilines is 1. The SMILES string of the molecule is C=C1CN(S(=O)(=O)c2ccc(N(C)C)cc2)CCCN(CC2CCCCC2)CCCN(S(=O)(=O)N(C)C)C1. The zero-order valence-electron chi connectivity index (χ0n) is 23.7. The van der Waals surface area contributed by atoms with Crippen LogP contribution in [0, 0.1) is 5.92 Å². The first kappa shape index (κ1) is 31.0. The maximum atomic E-state index is 13.7. The van der Waals surface area contributed by atoms with E-state index in [9.17, 15) is 16.8 Å². The van der Waals surface area contributed by atoms with Crippen LogP contribution >= 0.6 is 0 Å². The van der Waals surface area contributed by atoms with Gasteiger partial charge in [-0.25, -0.2) is 8.42 Å². The van der Waals surface area contributed by atoms with Gasteiger partial charge in [-0.3, -0.25) is 0 Å². The Labute approximate surface area is 231 Å². The van der Waals surface area contributed by atoms with Crippen LogP contribution in [0.3, 0.4) is 0 Å². The van der Waals surface area contributed by atoms with Crippen LogP contribution in [0.5, 0.6) is 0 Å². The highest BCUT2D eigenvalue weighted by Gasteiger charge is 2.30. The molecule has 1 heterocycles. The van der Waals surface area contributed by atoms with Crippen LogP contribution in [0.15, 0.2) is 41.3 Å². The molecule has 1 saturated carbocycles. The molecule has 2 aliphatic rings. The van der Waals surface area contributed by atoms with Crippen LogP contribution in [0.1, 0.15) is 44.9 Å². The molecule has 0 spiro atoms. The Hall–Kier alpha value is -1.50. The zero-order valence-corrected chi connectivity index (χ0v) is 25.3. The molecule has 1 aliphatic heterocycles. The van der Waals surface area contributed by atoms with E-state index in [4.69, 9.17) is 0 Å². The van der Waals surface area contributed by atoms with E-state index in [1.807, 2.05) is 19.0 Å². The molecular formula is C27H47N5O4S2. The third kappa shape index (κ3) is 8.25. The smallest absolute Gasteiger partial charge is 0.281 e. The molecular weight excluding hydrogens is 522 g/mol. The minimum atomic E-state index is -3.78. The Balaban J connectivity index is 1.85. The summed E-state index contributed by atoms with van der Waals surface area (Å²) in [6.07, 6.45) is 7.77. The number of hydrogen-bond donors (Lipinski definition) is 0. The summed E-state index contributed by atoms with van der Waals surface area (Å²) in [7, 11) is -0.575. The molecule has 0 unspecified atom stereocenters. The van der Waals surface area contributed by atoms with Crippen LogP contribution in [0.25, 0.3) is 0 Å². The van der Waals surface area contributed by atoms with Gasteiger partial charge < -0.3 is 9.80 Å². The summed E-state index contributed by atoms with van der Waals surface area (Å²) in [5, 5.41) is 0. The van der Waals surface area contributed by atoms with Crippen LogP contribution in [0.4, 0.5) is 5.69 Å². The summed E-state index contributed by atoms with van der Waals surface area (Å²) in [4.78, 5) is 4.58. The van der Waals surface area contributed by atoms with Gasteiger partial charge in [0.25, 0.3) is 10.2 Å². The van der Waals surface area contributed by atoms with Gasteiger partial charge in [0.05, 0.1) is 4.90 Å². The molecule has 0 aromatic heterocycles. The average Bonchev–Trinajstić information content (AvgIpc) is 2.87. The van der Waals surface area contributed by atoms with E-state index in [0.717, 1.165) is 31.7 Å². The fourth-order valence-electron chi connectivity index (χ4n) is 5.38. The summed E-state index contributed by atoms with van der Waals surface area (Å²) in [6, 6.07) is 6.88. The highest BCUT2D eigenvalue weighted by atomic mass is 32.2. The lowest BCUT2D eigenvalue weighted by Gasteiger charge is -2.33. The Kier molecular flexibility index (Phi) is 11.2. The molecule has 216 valence electrons. The van der Waals surface area contributed by atoms with Gasteiger partial charge in [-0.2, -0.15) is 21.3 Å². The largest absolute Gasteiger partial charge is 0.378 e. The van der Waals surface area contributed by atoms with Crippen molar-refractivity contribution in [3.8, 4) is 0 Å². The van der Waals surface area contributed by atoms with Crippen molar-refractivity contribution in [1.29, 1.82) is 0 Å². The molecule has 1 saturated heterocycles. The Morgan fingerprint density at radius 1 is 0.789 bits per heavy atom. The molecule has 38 heavy (non-hydrogen) atoms. The first-order chi connectivity index (χ1) is 17.9. The van der Waals surface area contributed by atoms with Gasteiger partial charge in [0.2, 0.25) is 10.0 Å². The highest BCUT2D eigenvalue weighted by molar-refractivity contribution is 7.89. The fourth-order valence-corrected chi connectivity index (χ4v) is 8.04. The van der Waals surface area contributed by atoms with Crippen molar-refractivity contribution >= 4 is 25.9 Å². The molecule has 0 amide bonds. The second-order valence-electron chi connectivity index (χ2n) is 11.1. The Morgan fingerprint density at radius 3 is 1.89 bits per heavy atom. The summed E-state index contributed by atoms with van der Waals surface area (Å²) in [5.74, 6) is 0.660. The van der Waals surface area contributed by atoms with E-state index >= 15 is 0 Å². The number of rotatable bonds is 7. The molecule has 0 bridgehead atoms. The van der Waals surface area contributed by atoms with Crippen molar-refractivity contribution in [2.75, 3.05) is 78.9 Å². The Bertz CT molecular complexity index is 1110. The van der Waals surface area contributed by atoms with E-state index < -0.39 is 20.2 Å². The van der Waals surface area contributed by atoms with E-state index in [2.05, 4.69) is 11.5 Å². The van der Waals surface area contributed by atoms with Gasteiger partial charge in [-0.15, -0.1) is 0 Å². The lowest BCUT2D eigenvalue weighted by atomic mass is 9.89. The van der Waals surface area contributed by atoms with Gasteiger partial charge in [-0.05, 0) is 74.5 Å². The normalized spacial score (nSPS) is 21.2. The Morgan fingerprint density at radius 2 is 1.34 bits per heavy atom. The van der Waals surface area contributed by atoms with E-state index in [1.54, 1.807) is 24.3 Å². The third-order valence-corrected chi connectivity index (χ3v) is 11.3. The molecule has 3 rings (SSSR count). The summed E-state index contributed by atoms with van der Waals surface area (Å²) < 4.78 is 57.8. The van der Waals surface area contributed by atoms with Gasteiger partial charge in [0.1, 0.15) is 0 Å². The zero-order chi connectivity index (χ0) is 27.9. The standard InChI is InChI=1S/C27H47N5O4S2/c1-24-21-31(37(33,34)27-15-13-26(14-16-27)28(2)3)19-9-17-30(23-25-11-7-6-8-12-25)18-10-20-32(22-24)38(35,36)29(4)5/h13-16,25H,1,6-12,17-23H2,2-5H3. The highest BCUT2D eigenvalue weighted by Crippen LogP contribution is 2.25. The quantitative estimate of drug-likeness (QED) is 0.470. The van der Waals surface area contributed by atoms with Crippen molar-refractivity contribution < 1.29 is 16.8 Å². The number of benzene rings is 1. The molecule has 1 aromatic carbocycles. The van der Waals surface area contributed by atoms with Crippen molar-refractivity contribution in [3.63, 3.8) is 0 Å². The van der Waals surface area contributed by atoms with E-state index in [1.165, 1.54) is 59.1 Å². The molecule has 11 heteroatoms. The number of hydrogen-bond acceptors (Lipinski definition) is 6. The number of nitrogens with zero attached hydrogens (tertiary/aromatic N) is 5. The van der Waals surface area contributed by atoms with Gasteiger partial charge in [0, 0.05) is 66.6 Å². The third-order valence-electron chi connectivity index (χ3n) is 7.58. The maximum absolute atomic E-state index is 13.7. The first-order valence-electron chi connectivity index (χ1n) is 13.8. The minimum absolute atomic E-state index is 0.0832. The summed E-state index contributed by atoms with van der Waals surface area (Å²) >= 11 is 0. The lowest BCUT2D eigenvalue weighted by molar-refractivity contribution is 0.187. The fraction of sp³-hybridized carbons (Fsp3) is 0.704. The first-order valence-corrected chi connectivity index (χ1v) is 16.6. The molecule has 0 radical (unpaired) electrons. The van der Waals surface area contributed by atoms with E-state index in [0.29, 0.717) is 31.0 Å². The minimum Gasteiger partial charge on any atom is -0.378 e. The summed E-state index contributed by atoms with van der Waals surface area (Å²) in [5.41, 5.74) is 1.48. The molecule has 9 nitrogen and oxygen atoms in total. The van der Waals surface area contributed by atoms with Crippen molar-refractivity contribution in [2.24, 2.45) is 5.92 Å². The summed E-state index contributed by atoms with van der Waals surface area (Å²) in [6.45, 7) is 7.59. The van der Waals surface area contributed by atoms with Crippen LogP contribution in [0.2, 0.25) is 0 Å². The van der Waals surface area contributed by atoms with Crippen molar-refractivity contribution in [1.82, 2.24) is 17.8 Å². The predicted octanol–water partition coefficient (Wildman–Crippen LogP) is 3.08. The molecule has 0 atom stereocenters. The van der Waals surface area contributed by atoms with Gasteiger partial charge in [-0.1, -0.05) is 25.8 Å². The predicted molar refractivity (Wildman–Crippen MR) is 155 cm³/mol. The molecule has 0 N–H and O–H groups in total. The molecule has 1 aliphatic carbocycles. The van der Waals surface area contributed by atoms with Gasteiger partial charge >= 0.3 is 0 Å². The lowest BCUT2D eigenvalue weighted by Crippen LogP contribution is -2.45. The second kappa shape index (κ2) is 13.7. The van der Waals surface area contributed by atoms with Crippen LogP contribution < -0.4 is 4.90 Å². The van der Waals surface area contributed by atoms with Crippen molar-refractivity contribution in [2.45, 2.75) is 49.8 Å².